The largest absolute Gasteiger partial charge is 0.497 e. The van der Waals surface area contributed by atoms with Gasteiger partial charge in [0.25, 0.3) is 5.91 Å². The number of rotatable bonds is 7. The summed E-state index contributed by atoms with van der Waals surface area (Å²) in [5, 5.41) is 0. The van der Waals surface area contributed by atoms with Gasteiger partial charge < -0.3 is 15.2 Å². The minimum absolute atomic E-state index is 0.0236. The summed E-state index contributed by atoms with van der Waals surface area (Å²) in [7, 11) is 1.52. The van der Waals surface area contributed by atoms with Crippen molar-refractivity contribution >= 4 is 23.0 Å². The van der Waals surface area contributed by atoms with Gasteiger partial charge in [0.15, 0.2) is 17.2 Å². The molecule has 0 atom stereocenters. The number of imidazole rings is 1. The van der Waals surface area contributed by atoms with Crippen molar-refractivity contribution in [2.24, 2.45) is 5.73 Å². The number of nitrogens with zero attached hydrogens (tertiary/aromatic N) is 4. The molecule has 4 rings (SSSR count). The number of halogens is 1. The molecule has 0 saturated heterocycles. The summed E-state index contributed by atoms with van der Waals surface area (Å²) >= 11 is 0. The number of methoxy groups -OCH3 is 1. The first-order valence-electron chi connectivity index (χ1n) is 10.2. The number of fused-ring (bicyclic) bond motifs is 1. The number of esters is 1. The van der Waals surface area contributed by atoms with E-state index in [0.717, 1.165) is 9.13 Å². The fraction of sp³-hybridized carbons (Fsp3) is 0.174. The maximum Gasteiger partial charge on any atom is 0.335 e. The van der Waals surface area contributed by atoms with Crippen molar-refractivity contribution in [1.29, 1.82) is 0 Å². The predicted molar refractivity (Wildman–Crippen MR) is 120 cm³/mol. The van der Waals surface area contributed by atoms with Crippen LogP contribution in [-0.4, -0.2) is 44.7 Å². The lowest BCUT2D eigenvalue weighted by Gasteiger charge is -2.08. The highest BCUT2D eigenvalue weighted by Gasteiger charge is 2.25. The molecule has 0 unspecified atom stereocenters. The quantitative estimate of drug-likeness (QED) is 0.413. The molecule has 1 amide bonds. The maximum atomic E-state index is 13.5. The number of ether oxygens (including phenoxy) is 2. The lowest BCUT2D eigenvalue weighted by atomic mass is 10.2. The number of nitrogens with two attached hydrogens (primary N) is 1. The van der Waals surface area contributed by atoms with Crippen LogP contribution in [0.15, 0.2) is 53.3 Å². The number of benzene rings is 2. The van der Waals surface area contributed by atoms with E-state index < -0.39 is 29.9 Å². The van der Waals surface area contributed by atoms with Crippen molar-refractivity contribution in [3.8, 4) is 22.8 Å². The number of carbonyl (C=O) groups excluding carboxylic acids is 2. The summed E-state index contributed by atoms with van der Waals surface area (Å²) in [5.41, 5.74) is 5.45. The van der Waals surface area contributed by atoms with Gasteiger partial charge in [-0.25, -0.2) is 23.7 Å². The summed E-state index contributed by atoms with van der Waals surface area (Å²) in [4.78, 5) is 46.8. The normalized spacial score (nSPS) is 10.9. The number of aromatic nitrogens is 4. The summed E-state index contributed by atoms with van der Waals surface area (Å²) in [6.45, 7) is 1.23. The van der Waals surface area contributed by atoms with Crippen LogP contribution in [0.5, 0.6) is 5.75 Å². The summed E-state index contributed by atoms with van der Waals surface area (Å²) in [6, 6.07) is 11.8. The highest BCUT2D eigenvalue weighted by molar-refractivity contribution is 6.02. The van der Waals surface area contributed by atoms with Gasteiger partial charge in [-0.2, -0.15) is 0 Å². The lowest BCUT2D eigenvalue weighted by molar-refractivity contribution is -0.143. The molecule has 2 aromatic carbocycles. The first-order valence-corrected chi connectivity index (χ1v) is 10.2. The van der Waals surface area contributed by atoms with Crippen LogP contribution in [0.4, 0.5) is 4.39 Å². The Balaban J connectivity index is 2.05. The van der Waals surface area contributed by atoms with Crippen molar-refractivity contribution in [2.75, 3.05) is 13.7 Å². The first-order chi connectivity index (χ1) is 16.3. The van der Waals surface area contributed by atoms with Gasteiger partial charge in [0.2, 0.25) is 0 Å². The van der Waals surface area contributed by atoms with E-state index in [1.54, 1.807) is 31.2 Å². The highest BCUT2D eigenvalue weighted by atomic mass is 19.1. The molecule has 10 nitrogen and oxygen atoms in total. The smallest absolute Gasteiger partial charge is 0.335 e. The Morgan fingerprint density at radius 1 is 1.06 bits per heavy atom. The zero-order valence-electron chi connectivity index (χ0n) is 18.3. The summed E-state index contributed by atoms with van der Waals surface area (Å²) in [6.07, 6.45) is 0. The molecule has 4 aromatic rings. The van der Waals surface area contributed by atoms with Crippen molar-refractivity contribution in [3.05, 3.63) is 70.5 Å². The average Bonchev–Trinajstić information content (AvgIpc) is 3.10. The molecule has 34 heavy (non-hydrogen) atoms. The standard InChI is InChI=1S/C23H20FN5O5/c1-3-34-17(30)12-28-19-18(20(25)31)26-21(13-4-10-16(33-2)11-5-13)27-22(19)29(23(28)32)15-8-6-14(24)7-9-15/h4-11H,3,12H2,1-2H3,(H2,25,31). The molecule has 0 aliphatic heterocycles. The van der Waals surface area contributed by atoms with Crippen molar-refractivity contribution in [2.45, 2.75) is 13.5 Å². The van der Waals surface area contributed by atoms with Crippen LogP contribution in [0.25, 0.3) is 28.2 Å². The van der Waals surface area contributed by atoms with Gasteiger partial charge in [0, 0.05) is 5.56 Å². The zero-order chi connectivity index (χ0) is 24.4. The minimum atomic E-state index is -0.920. The Hall–Kier alpha value is -4.54. The van der Waals surface area contributed by atoms with E-state index in [0.29, 0.717) is 11.3 Å². The van der Waals surface area contributed by atoms with Gasteiger partial charge >= 0.3 is 11.7 Å². The van der Waals surface area contributed by atoms with Gasteiger partial charge in [-0.05, 0) is 55.5 Å². The molecule has 0 aliphatic rings. The second kappa shape index (κ2) is 9.14. The van der Waals surface area contributed by atoms with Crippen LogP contribution >= 0.6 is 0 Å². The zero-order valence-corrected chi connectivity index (χ0v) is 18.3. The van der Waals surface area contributed by atoms with Crippen molar-refractivity contribution in [1.82, 2.24) is 19.1 Å². The van der Waals surface area contributed by atoms with Crippen LogP contribution in [-0.2, 0) is 16.1 Å². The van der Waals surface area contributed by atoms with Gasteiger partial charge in [-0.1, -0.05) is 0 Å². The van der Waals surface area contributed by atoms with Gasteiger partial charge in [0.05, 0.1) is 19.4 Å². The number of carbonyl (C=O) groups is 2. The van der Waals surface area contributed by atoms with Crippen LogP contribution in [0.1, 0.15) is 17.4 Å². The second-order valence-electron chi connectivity index (χ2n) is 7.15. The fourth-order valence-corrected chi connectivity index (χ4v) is 3.50. The predicted octanol–water partition coefficient (Wildman–Crippen LogP) is 2.06. The Labute approximate surface area is 192 Å². The lowest BCUT2D eigenvalue weighted by Crippen LogP contribution is -2.28. The Kier molecular flexibility index (Phi) is 6.09. The van der Waals surface area contributed by atoms with Crippen LogP contribution in [0, 0.1) is 5.82 Å². The Bertz CT molecular complexity index is 1440. The molecule has 2 N–H and O–H groups in total. The van der Waals surface area contributed by atoms with E-state index in [-0.39, 0.29) is 35.0 Å². The molecule has 2 aromatic heterocycles. The number of hydrogen-bond donors (Lipinski definition) is 1. The van der Waals surface area contributed by atoms with E-state index in [2.05, 4.69) is 9.97 Å². The van der Waals surface area contributed by atoms with E-state index in [1.807, 2.05) is 0 Å². The van der Waals surface area contributed by atoms with E-state index in [9.17, 15) is 18.8 Å². The third-order valence-corrected chi connectivity index (χ3v) is 5.03. The number of amides is 1. The van der Waals surface area contributed by atoms with Crippen LogP contribution in [0.3, 0.4) is 0 Å². The molecule has 174 valence electrons. The monoisotopic (exact) mass is 465 g/mol. The molecule has 11 heteroatoms. The topological polar surface area (TPSA) is 131 Å². The Morgan fingerprint density at radius 3 is 2.32 bits per heavy atom. The van der Waals surface area contributed by atoms with Gasteiger partial charge in [0.1, 0.15) is 23.6 Å². The van der Waals surface area contributed by atoms with E-state index in [4.69, 9.17) is 15.2 Å². The van der Waals surface area contributed by atoms with Crippen LogP contribution < -0.4 is 16.2 Å². The minimum Gasteiger partial charge on any atom is -0.497 e. The molecule has 0 radical (unpaired) electrons. The van der Waals surface area contributed by atoms with Gasteiger partial charge in [-0.3, -0.25) is 14.2 Å². The summed E-state index contributed by atoms with van der Waals surface area (Å²) < 4.78 is 25.9. The van der Waals surface area contributed by atoms with Gasteiger partial charge in [-0.15, -0.1) is 0 Å². The maximum absolute atomic E-state index is 13.5. The summed E-state index contributed by atoms with van der Waals surface area (Å²) in [5.74, 6) is -1.40. The Morgan fingerprint density at radius 2 is 1.74 bits per heavy atom. The highest BCUT2D eigenvalue weighted by Crippen LogP contribution is 2.25. The second-order valence-corrected chi connectivity index (χ2v) is 7.15. The van der Waals surface area contributed by atoms with Crippen molar-refractivity contribution < 1.29 is 23.5 Å². The molecule has 0 bridgehead atoms. The average molecular weight is 465 g/mol. The fourth-order valence-electron chi connectivity index (χ4n) is 3.50. The molecule has 0 saturated carbocycles. The number of hydrogen-bond acceptors (Lipinski definition) is 7. The molecule has 0 fully saturated rings. The molecule has 0 spiro atoms. The van der Waals surface area contributed by atoms with E-state index >= 15 is 0 Å². The molecular formula is C23H20FN5O5. The molecular weight excluding hydrogens is 445 g/mol. The van der Waals surface area contributed by atoms with Crippen LogP contribution in [0.2, 0.25) is 0 Å². The first kappa shape index (κ1) is 22.6. The van der Waals surface area contributed by atoms with E-state index in [1.165, 1.54) is 31.4 Å². The van der Waals surface area contributed by atoms with Crippen molar-refractivity contribution in [3.63, 3.8) is 0 Å². The SMILES string of the molecule is CCOC(=O)Cn1c(=O)n(-c2ccc(F)cc2)c2nc(-c3ccc(OC)cc3)nc(C(N)=O)c21. The molecule has 0 aliphatic carbocycles. The third-order valence-electron chi connectivity index (χ3n) is 5.03. The molecule has 2 heterocycles. The number of primary amides is 1. The third kappa shape index (κ3) is 4.10.